The summed E-state index contributed by atoms with van der Waals surface area (Å²) in [6.07, 6.45) is 2.07. The van der Waals surface area contributed by atoms with Gasteiger partial charge in [-0.1, -0.05) is 5.21 Å². The molecule has 3 aromatic rings. The molecule has 0 unspecified atom stereocenters. The van der Waals surface area contributed by atoms with Crippen molar-refractivity contribution in [3.63, 3.8) is 0 Å². The average molecular weight is 378 g/mol. The molecule has 1 aromatic heterocycles. The molecule has 1 aliphatic rings. The number of amides is 1. The molecule has 1 fully saturated rings. The molecular weight excluding hydrogens is 356 g/mol. The van der Waals surface area contributed by atoms with E-state index < -0.39 is 0 Å². The Morgan fingerprint density at radius 1 is 1.11 bits per heavy atom. The molecule has 1 aliphatic carbocycles. The third-order valence-corrected chi connectivity index (χ3v) is 4.62. The van der Waals surface area contributed by atoms with E-state index in [2.05, 4.69) is 15.6 Å². The topological polar surface area (TPSA) is 78.3 Å². The van der Waals surface area contributed by atoms with E-state index in [0.717, 1.165) is 35.7 Å². The van der Waals surface area contributed by atoms with Crippen LogP contribution in [0.4, 0.5) is 5.69 Å². The van der Waals surface area contributed by atoms with E-state index in [9.17, 15) is 4.79 Å². The van der Waals surface area contributed by atoms with Crippen LogP contribution < -0.4 is 14.8 Å². The van der Waals surface area contributed by atoms with Gasteiger partial charge in [0, 0.05) is 11.6 Å². The highest BCUT2D eigenvalue weighted by molar-refractivity contribution is 6.03. The quantitative estimate of drug-likeness (QED) is 0.676. The van der Waals surface area contributed by atoms with Crippen molar-refractivity contribution in [2.45, 2.75) is 25.7 Å². The summed E-state index contributed by atoms with van der Waals surface area (Å²) in [4.78, 5) is 12.8. The highest BCUT2D eigenvalue weighted by Crippen LogP contribution is 2.42. The van der Waals surface area contributed by atoms with Crippen molar-refractivity contribution < 1.29 is 14.3 Å². The van der Waals surface area contributed by atoms with Gasteiger partial charge >= 0.3 is 0 Å². The Bertz CT molecular complexity index is 960. The molecular formula is C21H22N4O3. The molecule has 1 heterocycles. The number of carbonyl (C=O) groups excluding carboxylic acids is 1. The minimum Gasteiger partial charge on any atom is -0.497 e. The lowest BCUT2D eigenvalue weighted by Crippen LogP contribution is -2.15. The number of ether oxygens (including phenoxy) is 2. The number of carbonyl (C=O) groups is 1. The predicted molar refractivity (Wildman–Crippen MR) is 105 cm³/mol. The summed E-state index contributed by atoms with van der Waals surface area (Å²) in [5.41, 5.74) is 2.77. The standard InChI is InChI=1S/C21H22N4O3/c1-3-28-18-10-6-15(7-11-18)22-21(26)19-20(14-4-5-14)25(24-23-19)16-8-12-17(27-2)13-9-16/h6-14H,3-5H2,1-2H3,(H,22,26). The maximum Gasteiger partial charge on any atom is 0.278 e. The van der Waals surface area contributed by atoms with Gasteiger partial charge in [-0.3, -0.25) is 4.79 Å². The fourth-order valence-electron chi connectivity index (χ4n) is 3.08. The molecule has 0 saturated heterocycles. The molecule has 1 N–H and O–H groups in total. The second-order valence-corrected chi connectivity index (χ2v) is 6.62. The Balaban J connectivity index is 1.58. The van der Waals surface area contributed by atoms with Crippen LogP contribution in [0.15, 0.2) is 48.5 Å². The molecule has 28 heavy (non-hydrogen) atoms. The van der Waals surface area contributed by atoms with Crippen molar-refractivity contribution in [1.29, 1.82) is 0 Å². The molecule has 1 saturated carbocycles. The van der Waals surface area contributed by atoms with Gasteiger partial charge < -0.3 is 14.8 Å². The first-order valence-corrected chi connectivity index (χ1v) is 9.34. The Morgan fingerprint density at radius 2 is 1.79 bits per heavy atom. The second kappa shape index (κ2) is 7.72. The van der Waals surface area contributed by atoms with Crippen LogP contribution in [-0.4, -0.2) is 34.6 Å². The number of hydrogen-bond donors (Lipinski definition) is 1. The fourth-order valence-corrected chi connectivity index (χ4v) is 3.08. The van der Waals surface area contributed by atoms with Gasteiger partial charge in [0.25, 0.3) is 5.91 Å². The Kier molecular flexibility index (Phi) is 4.97. The highest BCUT2D eigenvalue weighted by Gasteiger charge is 2.34. The summed E-state index contributed by atoms with van der Waals surface area (Å²) in [6.45, 7) is 2.53. The van der Waals surface area contributed by atoms with Gasteiger partial charge in [-0.2, -0.15) is 0 Å². The van der Waals surface area contributed by atoms with Crippen LogP contribution >= 0.6 is 0 Å². The van der Waals surface area contributed by atoms with E-state index >= 15 is 0 Å². The van der Waals surface area contributed by atoms with E-state index in [1.54, 1.807) is 11.8 Å². The maximum atomic E-state index is 12.8. The zero-order valence-electron chi connectivity index (χ0n) is 15.9. The number of rotatable bonds is 7. The van der Waals surface area contributed by atoms with Gasteiger partial charge in [-0.15, -0.1) is 5.10 Å². The molecule has 0 spiro atoms. The van der Waals surface area contributed by atoms with E-state index in [-0.39, 0.29) is 5.91 Å². The number of nitrogens with one attached hydrogen (secondary N) is 1. The van der Waals surface area contributed by atoms with Gasteiger partial charge in [-0.25, -0.2) is 4.68 Å². The van der Waals surface area contributed by atoms with Crippen LogP contribution in [0.5, 0.6) is 11.5 Å². The van der Waals surface area contributed by atoms with Crippen molar-refractivity contribution in [2.75, 3.05) is 19.0 Å². The Hall–Kier alpha value is -3.35. The number of aromatic nitrogens is 3. The first-order chi connectivity index (χ1) is 13.7. The molecule has 0 aliphatic heterocycles. The number of benzene rings is 2. The molecule has 0 bridgehead atoms. The number of nitrogens with zero attached hydrogens (tertiary/aromatic N) is 3. The van der Waals surface area contributed by atoms with Crippen LogP contribution in [0.2, 0.25) is 0 Å². The predicted octanol–water partition coefficient (Wildman–Crippen LogP) is 3.80. The van der Waals surface area contributed by atoms with E-state index in [1.807, 2.05) is 55.5 Å². The van der Waals surface area contributed by atoms with Crippen LogP contribution in [0.25, 0.3) is 5.69 Å². The van der Waals surface area contributed by atoms with E-state index in [1.165, 1.54) is 0 Å². The van der Waals surface area contributed by atoms with E-state index in [4.69, 9.17) is 9.47 Å². The molecule has 144 valence electrons. The smallest absolute Gasteiger partial charge is 0.278 e. The lowest BCUT2D eigenvalue weighted by Gasteiger charge is -2.09. The van der Waals surface area contributed by atoms with Crippen LogP contribution in [0, 0.1) is 0 Å². The molecule has 1 amide bonds. The number of methoxy groups -OCH3 is 1. The minimum atomic E-state index is -0.258. The summed E-state index contributed by atoms with van der Waals surface area (Å²) in [5.74, 6) is 1.58. The van der Waals surface area contributed by atoms with Crippen LogP contribution in [0.3, 0.4) is 0 Å². The molecule has 7 nitrogen and oxygen atoms in total. The summed E-state index contributed by atoms with van der Waals surface area (Å²) in [6, 6.07) is 14.8. The lowest BCUT2D eigenvalue weighted by molar-refractivity contribution is 0.102. The third-order valence-electron chi connectivity index (χ3n) is 4.62. The van der Waals surface area contributed by atoms with Crippen molar-refractivity contribution >= 4 is 11.6 Å². The molecule has 0 atom stereocenters. The first kappa shape index (κ1) is 18.0. The summed E-state index contributed by atoms with van der Waals surface area (Å²) in [5, 5.41) is 11.3. The number of hydrogen-bond acceptors (Lipinski definition) is 5. The largest absolute Gasteiger partial charge is 0.497 e. The fraction of sp³-hybridized carbons (Fsp3) is 0.286. The van der Waals surface area contributed by atoms with Gasteiger partial charge in [0.15, 0.2) is 5.69 Å². The first-order valence-electron chi connectivity index (χ1n) is 9.34. The van der Waals surface area contributed by atoms with Crippen molar-refractivity contribution in [3.05, 3.63) is 59.9 Å². The maximum absolute atomic E-state index is 12.8. The molecule has 0 radical (unpaired) electrons. The highest BCUT2D eigenvalue weighted by atomic mass is 16.5. The zero-order chi connectivity index (χ0) is 19.5. The summed E-state index contributed by atoms with van der Waals surface area (Å²) >= 11 is 0. The Morgan fingerprint density at radius 3 is 2.39 bits per heavy atom. The Labute approximate surface area is 163 Å². The number of anilines is 1. The molecule has 7 heteroatoms. The van der Waals surface area contributed by atoms with Gasteiger partial charge in [0.2, 0.25) is 0 Å². The zero-order valence-corrected chi connectivity index (χ0v) is 15.9. The summed E-state index contributed by atoms with van der Waals surface area (Å²) < 4.78 is 12.4. The average Bonchev–Trinajstić information content (AvgIpc) is 3.47. The SMILES string of the molecule is CCOc1ccc(NC(=O)c2nnn(-c3ccc(OC)cc3)c2C2CC2)cc1. The summed E-state index contributed by atoms with van der Waals surface area (Å²) in [7, 11) is 1.63. The van der Waals surface area contributed by atoms with E-state index in [0.29, 0.717) is 23.9 Å². The normalized spacial score (nSPS) is 13.2. The minimum absolute atomic E-state index is 0.258. The monoisotopic (exact) mass is 378 g/mol. The van der Waals surface area contributed by atoms with Crippen molar-refractivity contribution in [3.8, 4) is 17.2 Å². The van der Waals surface area contributed by atoms with Crippen molar-refractivity contribution in [2.24, 2.45) is 0 Å². The van der Waals surface area contributed by atoms with Gasteiger partial charge in [0.1, 0.15) is 11.5 Å². The van der Waals surface area contributed by atoms with Gasteiger partial charge in [0.05, 0.1) is 25.1 Å². The van der Waals surface area contributed by atoms with Crippen LogP contribution in [-0.2, 0) is 0 Å². The van der Waals surface area contributed by atoms with Crippen molar-refractivity contribution in [1.82, 2.24) is 15.0 Å². The third kappa shape index (κ3) is 3.69. The second-order valence-electron chi connectivity index (χ2n) is 6.62. The van der Waals surface area contributed by atoms with Crippen LogP contribution in [0.1, 0.15) is 41.9 Å². The molecule has 2 aromatic carbocycles. The lowest BCUT2D eigenvalue weighted by atomic mass is 10.2. The van der Waals surface area contributed by atoms with Gasteiger partial charge in [-0.05, 0) is 68.3 Å². The molecule has 4 rings (SSSR count).